The van der Waals surface area contributed by atoms with Gasteiger partial charge in [0.1, 0.15) is 0 Å². The maximum absolute atomic E-state index is 3.65. The third-order valence-electron chi connectivity index (χ3n) is 3.68. The van der Waals surface area contributed by atoms with E-state index in [-0.39, 0.29) is 0 Å². The fourth-order valence-electron chi connectivity index (χ4n) is 2.51. The van der Waals surface area contributed by atoms with Crippen LogP contribution in [-0.4, -0.2) is 18.3 Å². The molecule has 1 nitrogen and oxygen atoms in total. The number of rotatable bonds is 9. The Hall–Kier alpha value is -0.470. The number of benzene rings is 1. The predicted octanol–water partition coefficient (Wildman–Crippen LogP) is 4.83. The van der Waals surface area contributed by atoms with Gasteiger partial charge in [0.25, 0.3) is 0 Å². The lowest BCUT2D eigenvalue weighted by atomic mass is 9.87. The van der Waals surface area contributed by atoms with Crippen LogP contribution >= 0.6 is 11.8 Å². The lowest BCUT2D eigenvalue weighted by Gasteiger charge is -2.28. The van der Waals surface area contributed by atoms with Crippen molar-refractivity contribution in [1.82, 2.24) is 5.32 Å². The molecule has 2 unspecified atom stereocenters. The molecule has 1 rings (SSSR count). The predicted molar refractivity (Wildman–Crippen MR) is 87.9 cm³/mol. The largest absolute Gasteiger partial charge is 0.314 e. The Kier molecular flexibility index (Phi) is 8.24. The summed E-state index contributed by atoms with van der Waals surface area (Å²) in [5.74, 6) is 2.73. The fraction of sp³-hybridized carbons (Fsp3) is 0.647. The van der Waals surface area contributed by atoms with Crippen LogP contribution < -0.4 is 5.32 Å². The van der Waals surface area contributed by atoms with E-state index in [9.17, 15) is 0 Å². The summed E-state index contributed by atoms with van der Waals surface area (Å²) in [6, 6.07) is 11.3. The quantitative estimate of drug-likeness (QED) is 0.650. The zero-order chi connectivity index (χ0) is 14.1. The average molecular weight is 279 g/mol. The zero-order valence-electron chi connectivity index (χ0n) is 12.9. The molecule has 0 aliphatic carbocycles. The summed E-state index contributed by atoms with van der Waals surface area (Å²) in [7, 11) is 0. The van der Waals surface area contributed by atoms with Gasteiger partial charge in [-0.15, -0.1) is 11.8 Å². The molecule has 0 spiro atoms. The molecule has 0 radical (unpaired) electrons. The first kappa shape index (κ1) is 16.6. The Morgan fingerprint density at radius 2 is 1.79 bits per heavy atom. The molecule has 0 aliphatic heterocycles. The number of hydrogen-bond donors (Lipinski definition) is 1. The van der Waals surface area contributed by atoms with Crippen molar-refractivity contribution in [3.63, 3.8) is 0 Å². The highest BCUT2D eigenvalue weighted by atomic mass is 32.2. The molecule has 0 amide bonds. The van der Waals surface area contributed by atoms with E-state index in [1.165, 1.54) is 23.5 Å². The summed E-state index contributed by atoms with van der Waals surface area (Å²) >= 11 is 1.98. The number of hydrogen-bond acceptors (Lipinski definition) is 2. The maximum atomic E-state index is 3.65. The highest BCUT2D eigenvalue weighted by molar-refractivity contribution is 7.99. The summed E-state index contributed by atoms with van der Waals surface area (Å²) in [4.78, 5) is 1.39. The van der Waals surface area contributed by atoms with Crippen molar-refractivity contribution >= 4 is 11.8 Å². The van der Waals surface area contributed by atoms with Crippen molar-refractivity contribution in [2.24, 2.45) is 11.8 Å². The van der Waals surface area contributed by atoms with Gasteiger partial charge in [0.2, 0.25) is 0 Å². The second-order valence-electron chi connectivity index (χ2n) is 5.60. The topological polar surface area (TPSA) is 12.0 Å². The van der Waals surface area contributed by atoms with Gasteiger partial charge < -0.3 is 5.32 Å². The van der Waals surface area contributed by atoms with Gasteiger partial charge in [0.15, 0.2) is 0 Å². The summed E-state index contributed by atoms with van der Waals surface area (Å²) in [5.41, 5.74) is 0. The van der Waals surface area contributed by atoms with Crippen LogP contribution in [0, 0.1) is 11.8 Å². The van der Waals surface area contributed by atoms with E-state index in [4.69, 9.17) is 0 Å². The van der Waals surface area contributed by atoms with Crippen molar-refractivity contribution in [1.29, 1.82) is 0 Å². The molecule has 0 bridgehead atoms. The molecular weight excluding hydrogens is 250 g/mol. The van der Waals surface area contributed by atoms with Gasteiger partial charge in [0.05, 0.1) is 0 Å². The molecule has 1 aromatic rings. The summed E-state index contributed by atoms with van der Waals surface area (Å²) in [5, 5.41) is 3.65. The molecule has 0 saturated heterocycles. The van der Waals surface area contributed by atoms with Crippen LogP contribution in [0.1, 0.15) is 40.5 Å². The SMILES string of the molecule is CCCNC(C)C(CCSc1ccccc1)C(C)C. The van der Waals surface area contributed by atoms with Crippen LogP contribution in [0.3, 0.4) is 0 Å². The number of thioether (sulfide) groups is 1. The average Bonchev–Trinajstić information content (AvgIpc) is 2.41. The molecule has 1 N–H and O–H groups in total. The molecule has 2 atom stereocenters. The van der Waals surface area contributed by atoms with Crippen molar-refractivity contribution in [3.8, 4) is 0 Å². The van der Waals surface area contributed by atoms with Crippen LogP contribution in [0.15, 0.2) is 35.2 Å². The molecule has 108 valence electrons. The molecule has 0 saturated carbocycles. The smallest absolute Gasteiger partial charge is 0.00719 e. The van der Waals surface area contributed by atoms with Gasteiger partial charge in [0, 0.05) is 10.9 Å². The van der Waals surface area contributed by atoms with Crippen molar-refractivity contribution in [2.45, 2.75) is 51.5 Å². The maximum Gasteiger partial charge on any atom is 0.00719 e. The van der Waals surface area contributed by atoms with E-state index in [0.717, 1.165) is 18.4 Å². The molecule has 0 fully saturated rings. The minimum absolute atomic E-state index is 0.622. The Balaban J connectivity index is 2.37. The molecule has 0 aromatic heterocycles. The van der Waals surface area contributed by atoms with E-state index in [0.29, 0.717) is 6.04 Å². The van der Waals surface area contributed by atoms with Gasteiger partial charge in [-0.3, -0.25) is 0 Å². The first-order chi connectivity index (χ1) is 9.15. The zero-order valence-corrected chi connectivity index (χ0v) is 13.7. The minimum Gasteiger partial charge on any atom is -0.314 e. The van der Waals surface area contributed by atoms with Crippen LogP contribution in [0.25, 0.3) is 0 Å². The second kappa shape index (κ2) is 9.44. The van der Waals surface area contributed by atoms with E-state index in [1.807, 2.05) is 11.8 Å². The van der Waals surface area contributed by atoms with Gasteiger partial charge in [-0.05, 0) is 56.0 Å². The summed E-state index contributed by atoms with van der Waals surface area (Å²) in [6.45, 7) is 10.4. The lowest BCUT2D eigenvalue weighted by molar-refractivity contribution is 0.284. The third kappa shape index (κ3) is 6.49. The standard InChI is InChI=1S/C17H29NS/c1-5-12-18-15(4)17(14(2)3)11-13-19-16-9-7-6-8-10-16/h6-10,14-15,17-18H,5,11-13H2,1-4H3. The molecule has 0 heterocycles. The fourth-order valence-corrected chi connectivity index (χ4v) is 3.49. The second-order valence-corrected chi connectivity index (χ2v) is 6.77. The van der Waals surface area contributed by atoms with Crippen LogP contribution in [0.5, 0.6) is 0 Å². The van der Waals surface area contributed by atoms with Gasteiger partial charge >= 0.3 is 0 Å². The Labute approximate surface area is 123 Å². The van der Waals surface area contributed by atoms with Gasteiger partial charge in [-0.25, -0.2) is 0 Å². The first-order valence-electron chi connectivity index (χ1n) is 7.56. The summed E-state index contributed by atoms with van der Waals surface area (Å²) in [6.07, 6.45) is 2.50. The van der Waals surface area contributed by atoms with Crippen molar-refractivity contribution in [3.05, 3.63) is 30.3 Å². The van der Waals surface area contributed by atoms with Crippen molar-refractivity contribution < 1.29 is 0 Å². The van der Waals surface area contributed by atoms with E-state index < -0.39 is 0 Å². The highest BCUT2D eigenvalue weighted by Crippen LogP contribution is 2.25. The van der Waals surface area contributed by atoms with Crippen LogP contribution in [0.2, 0.25) is 0 Å². The highest BCUT2D eigenvalue weighted by Gasteiger charge is 2.19. The lowest BCUT2D eigenvalue weighted by Crippen LogP contribution is -2.37. The molecule has 0 aliphatic rings. The molecule has 19 heavy (non-hydrogen) atoms. The normalized spacial score (nSPS) is 14.6. The van der Waals surface area contributed by atoms with Crippen molar-refractivity contribution in [2.75, 3.05) is 12.3 Å². The molecule has 1 aromatic carbocycles. The van der Waals surface area contributed by atoms with Crippen LogP contribution in [-0.2, 0) is 0 Å². The monoisotopic (exact) mass is 279 g/mol. The first-order valence-corrected chi connectivity index (χ1v) is 8.55. The molecule has 2 heteroatoms. The van der Waals surface area contributed by atoms with E-state index in [1.54, 1.807) is 0 Å². The molecular formula is C17H29NS. The van der Waals surface area contributed by atoms with E-state index >= 15 is 0 Å². The van der Waals surface area contributed by atoms with Crippen LogP contribution in [0.4, 0.5) is 0 Å². The Morgan fingerprint density at radius 1 is 1.11 bits per heavy atom. The summed E-state index contributed by atoms with van der Waals surface area (Å²) < 4.78 is 0. The Bertz CT molecular complexity index is 323. The number of nitrogens with one attached hydrogen (secondary N) is 1. The van der Waals surface area contributed by atoms with E-state index in [2.05, 4.69) is 63.3 Å². The Morgan fingerprint density at radius 3 is 2.37 bits per heavy atom. The van der Waals surface area contributed by atoms with Gasteiger partial charge in [-0.2, -0.15) is 0 Å². The third-order valence-corrected chi connectivity index (χ3v) is 4.72. The minimum atomic E-state index is 0.622. The van der Waals surface area contributed by atoms with Gasteiger partial charge in [-0.1, -0.05) is 39.0 Å².